The molecule has 0 saturated carbocycles. The number of hydrogen-bond acceptors (Lipinski definition) is 2. The van der Waals surface area contributed by atoms with Gasteiger partial charge < -0.3 is 0 Å². The van der Waals surface area contributed by atoms with Gasteiger partial charge in [-0.05, 0) is 0 Å². The summed E-state index contributed by atoms with van der Waals surface area (Å²) < 4.78 is 3.93. The molecule has 2 aliphatic heterocycles. The zero-order valence-electron chi connectivity index (χ0n) is 16.2. The first-order chi connectivity index (χ1) is 14.8. The van der Waals surface area contributed by atoms with Crippen molar-refractivity contribution in [2.45, 2.75) is 6.42 Å². The third kappa shape index (κ3) is 3.73. The molecule has 5 heteroatoms. The number of rotatable bonds is 5. The second-order valence-electron chi connectivity index (χ2n) is 7.00. The number of benzene rings is 3. The first-order valence-corrected chi connectivity index (χ1v) is 11.5. The molecular formula is C25H19N3OSe. The van der Waals surface area contributed by atoms with Crippen LogP contribution < -0.4 is 14.6 Å². The van der Waals surface area contributed by atoms with Gasteiger partial charge in [0.15, 0.2) is 0 Å². The van der Waals surface area contributed by atoms with E-state index >= 15 is 0 Å². The summed E-state index contributed by atoms with van der Waals surface area (Å²) >= 11 is -0.00485. The zero-order valence-corrected chi connectivity index (χ0v) is 17.9. The molecule has 5 rings (SSSR count). The number of nitrogens with one attached hydrogen (secondary N) is 1. The molecule has 3 aromatic carbocycles. The first-order valence-electron chi connectivity index (χ1n) is 9.74. The number of imidazole rings is 1. The van der Waals surface area contributed by atoms with Crippen LogP contribution in [0, 0.1) is 0 Å². The maximum absolute atomic E-state index is 13.2. The van der Waals surface area contributed by atoms with Crippen LogP contribution in [0.3, 0.4) is 0 Å². The Morgan fingerprint density at radius 2 is 1.47 bits per heavy atom. The van der Waals surface area contributed by atoms with Crippen LogP contribution in [0.25, 0.3) is 17.1 Å². The minimum absolute atomic E-state index is 0.00485. The molecule has 0 radical (unpaired) electrons. The molecule has 0 amide bonds. The normalized spacial score (nSPS) is 11.1. The Bertz CT molecular complexity index is 1290. The first kappa shape index (κ1) is 18.6. The molecule has 0 saturated heterocycles. The summed E-state index contributed by atoms with van der Waals surface area (Å²) in [6.07, 6.45) is 2.40. The Morgan fingerprint density at radius 3 is 2.17 bits per heavy atom. The molecule has 0 unspecified atom stereocenters. The molecule has 30 heavy (non-hydrogen) atoms. The Morgan fingerprint density at radius 1 is 0.833 bits per heavy atom. The standard InChI is InChI=1S/C25H19N3OSe/c29-25-21(16-18-10-4-1-5-11-18)26-23-24(30-20-14-8-3-9-15-20)27-22(17-28(23)25)19-12-6-2-7-13-19/h1-15,17,27H,16H2. The zero-order chi connectivity index (χ0) is 20.3. The van der Waals surface area contributed by atoms with E-state index in [1.165, 1.54) is 4.46 Å². The Labute approximate surface area is 180 Å². The SMILES string of the molecule is O=c1c(Cc2ccccc2)nc2c([Se]c3ccccc3)[nH]c(-c3ccccc3)cn1-2. The predicted molar refractivity (Wildman–Crippen MR) is 122 cm³/mol. The van der Waals surface area contributed by atoms with Crippen LogP contribution in [0.4, 0.5) is 0 Å². The average Bonchev–Trinajstić information content (AvgIpc) is 3.11. The van der Waals surface area contributed by atoms with Gasteiger partial charge in [-0.15, -0.1) is 0 Å². The van der Waals surface area contributed by atoms with Gasteiger partial charge in [-0.3, -0.25) is 0 Å². The van der Waals surface area contributed by atoms with E-state index in [9.17, 15) is 4.79 Å². The fourth-order valence-corrected chi connectivity index (χ4v) is 5.37. The summed E-state index contributed by atoms with van der Waals surface area (Å²) in [5.41, 5.74) is 3.56. The van der Waals surface area contributed by atoms with Gasteiger partial charge in [0.05, 0.1) is 0 Å². The van der Waals surface area contributed by atoms with Gasteiger partial charge in [0.25, 0.3) is 0 Å². The molecule has 2 heterocycles. The molecule has 0 bridgehead atoms. The molecule has 0 aromatic heterocycles. The molecule has 4 nitrogen and oxygen atoms in total. The van der Waals surface area contributed by atoms with Gasteiger partial charge in [-0.25, -0.2) is 0 Å². The van der Waals surface area contributed by atoms with Crippen molar-refractivity contribution in [1.82, 2.24) is 14.5 Å². The van der Waals surface area contributed by atoms with Crippen LogP contribution in [0.1, 0.15) is 11.3 Å². The second-order valence-corrected chi connectivity index (χ2v) is 9.27. The molecule has 0 aliphatic carbocycles. The summed E-state index contributed by atoms with van der Waals surface area (Å²) in [7, 11) is 0. The van der Waals surface area contributed by atoms with Crippen molar-refractivity contribution in [3.05, 3.63) is 119 Å². The minimum atomic E-state index is -0.0508. The molecule has 146 valence electrons. The number of fused-ring (bicyclic) bond motifs is 1. The number of H-pyrrole nitrogens is 1. The summed E-state index contributed by atoms with van der Waals surface area (Å²) in [6.45, 7) is 0. The Balaban J connectivity index is 1.65. The van der Waals surface area contributed by atoms with E-state index in [1.807, 2.05) is 85.1 Å². The van der Waals surface area contributed by atoms with Crippen molar-refractivity contribution in [3.8, 4) is 17.1 Å². The quantitative estimate of drug-likeness (QED) is 0.414. The average molecular weight is 456 g/mol. The monoisotopic (exact) mass is 457 g/mol. The van der Waals surface area contributed by atoms with E-state index < -0.39 is 0 Å². The van der Waals surface area contributed by atoms with Crippen molar-refractivity contribution in [1.29, 1.82) is 0 Å². The summed E-state index contributed by atoms with van der Waals surface area (Å²) in [6, 6.07) is 30.4. The number of nitrogens with zero attached hydrogens (tertiary/aromatic N) is 2. The third-order valence-corrected chi connectivity index (χ3v) is 7.00. The van der Waals surface area contributed by atoms with Crippen LogP contribution in [0.15, 0.2) is 102 Å². The topological polar surface area (TPSA) is 50.7 Å². The van der Waals surface area contributed by atoms with Crippen molar-refractivity contribution in [2.24, 2.45) is 0 Å². The van der Waals surface area contributed by atoms with Gasteiger partial charge in [0, 0.05) is 0 Å². The summed E-state index contributed by atoms with van der Waals surface area (Å²) in [5.74, 6) is 0.717. The molecule has 0 spiro atoms. The van der Waals surface area contributed by atoms with E-state index in [4.69, 9.17) is 4.98 Å². The van der Waals surface area contributed by atoms with Crippen molar-refractivity contribution in [3.63, 3.8) is 0 Å². The van der Waals surface area contributed by atoms with Gasteiger partial charge in [0.1, 0.15) is 0 Å². The second kappa shape index (κ2) is 8.15. The van der Waals surface area contributed by atoms with E-state index in [-0.39, 0.29) is 20.5 Å². The molecule has 0 atom stereocenters. The van der Waals surface area contributed by atoms with Gasteiger partial charge >= 0.3 is 181 Å². The van der Waals surface area contributed by atoms with E-state index in [2.05, 4.69) is 17.1 Å². The fraction of sp³-hybridized carbons (Fsp3) is 0.0400. The van der Waals surface area contributed by atoms with Crippen LogP contribution >= 0.6 is 0 Å². The van der Waals surface area contributed by atoms with E-state index in [0.29, 0.717) is 12.1 Å². The number of hydrogen-bond donors (Lipinski definition) is 1. The Kier molecular flexibility index (Phi) is 5.06. The maximum atomic E-state index is 13.2. The van der Waals surface area contributed by atoms with Crippen molar-refractivity contribution < 1.29 is 0 Å². The fourth-order valence-electron chi connectivity index (χ4n) is 3.43. The van der Waals surface area contributed by atoms with Crippen LogP contribution in [0.5, 0.6) is 0 Å². The van der Waals surface area contributed by atoms with Crippen LogP contribution in [0.2, 0.25) is 0 Å². The number of aromatic amines is 1. The molecule has 2 aliphatic rings. The van der Waals surface area contributed by atoms with Crippen molar-refractivity contribution >= 4 is 24.0 Å². The van der Waals surface area contributed by atoms with Gasteiger partial charge in [-0.2, -0.15) is 0 Å². The molecule has 1 N–H and O–H groups in total. The van der Waals surface area contributed by atoms with Crippen LogP contribution in [-0.4, -0.2) is 29.5 Å². The van der Waals surface area contributed by atoms with E-state index in [0.717, 1.165) is 27.2 Å². The summed E-state index contributed by atoms with van der Waals surface area (Å²) in [5, 5.41) is 0. The Hall–Kier alpha value is -3.40. The molecular weight excluding hydrogens is 437 g/mol. The van der Waals surface area contributed by atoms with Crippen LogP contribution in [-0.2, 0) is 6.42 Å². The summed E-state index contributed by atoms with van der Waals surface area (Å²) in [4.78, 5) is 21.5. The van der Waals surface area contributed by atoms with E-state index in [1.54, 1.807) is 4.57 Å². The third-order valence-electron chi connectivity index (χ3n) is 4.91. The predicted octanol–water partition coefficient (Wildman–Crippen LogP) is 2.91. The van der Waals surface area contributed by atoms with Crippen molar-refractivity contribution in [2.75, 3.05) is 0 Å². The number of aromatic nitrogens is 3. The molecule has 3 aromatic rings. The van der Waals surface area contributed by atoms with Gasteiger partial charge in [0.2, 0.25) is 0 Å². The molecule has 0 fully saturated rings. The van der Waals surface area contributed by atoms with Gasteiger partial charge in [-0.1, -0.05) is 0 Å².